The average molecular weight is 433 g/mol. The van der Waals surface area contributed by atoms with E-state index in [1.807, 2.05) is 63.4 Å². The van der Waals surface area contributed by atoms with Crippen LogP contribution < -0.4 is 10.6 Å². The number of hydrogen-bond acceptors (Lipinski definition) is 3. The second kappa shape index (κ2) is 8.94. The van der Waals surface area contributed by atoms with Crippen molar-refractivity contribution >= 4 is 22.6 Å². The van der Waals surface area contributed by atoms with Crippen molar-refractivity contribution in [2.45, 2.75) is 57.7 Å². The summed E-state index contributed by atoms with van der Waals surface area (Å²) < 4.78 is 3.95. The first kappa shape index (κ1) is 21.0. The molecule has 1 saturated heterocycles. The van der Waals surface area contributed by atoms with Crippen molar-refractivity contribution in [3.63, 3.8) is 0 Å². The van der Waals surface area contributed by atoms with Crippen LogP contribution in [0.15, 0.2) is 59.4 Å². The lowest BCUT2D eigenvalue weighted by molar-refractivity contribution is -0.119. The summed E-state index contributed by atoms with van der Waals surface area (Å²) in [6, 6.07) is 18.8. The third-order valence-corrected chi connectivity index (χ3v) is 6.95. The van der Waals surface area contributed by atoms with E-state index >= 15 is 0 Å². The third-order valence-electron chi connectivity index (χ3n) is 6.95. The number of rotatable bonds is 7. The lowest BCUT2D eigenvalue weighted by Crippen LogP contribution is -2.48. The predicted molar refractivity (Wildman–Crippen MR) is 128 cm³/mol. The number of para-hydroxylation sites is 3. The number of fused-ring (bicyclic) bond motifs is 1. The number of nitrogens with zero attached hydrogens (tertiary/aromatic N) is 4. The summed E-state index contributed by atoms with van der Waals surface area (Å²) in [6.07, 6.45) is 4.65. The Kier molecular flexibility index (Phi) is 5.87. The van der Waals surface area contributed by atoms with Gasteiger partial charge < -0.3 is 9.80 Å². The Morgan fingerprint density at radius 2 is 1.56 bits per heavy atom. The molecule has 3 aromatic rings. The molecule has 0 spiro atoms. The average Bonchev–Trinajstić information content (AvgIpc) is 3.63. The molecule has 6 nitrogen and oxygen atoms in total. The van der Waals surface area contributed by atoms with Gasteiger partial charge in [-0.15, -0.1) is 0 Å². The summed E-state index contributed by atoms with van der Waals surface area (Å²) in [7, 11) is 0. The van der Waals surface area contributed by atoms with Crippen LogP contribution in [-0.4, -0.2) is 45.6 Å². The minimum absolute atomic E-state index is 0.132. The highest BCUT2D eigenvalue weighted by molar-refractivity contribution is 5.93. The molecule has 1 aromatic heterocycles. The van der Waals surface area contributed by atoms with Gasteiger partial charge in [-0.2, -0.15) is 0 Å². The van der Waals surface area contributed by atoms with Crippen molar-refractivity contribution in [3.05, 3.63) is 65.1 Å². The Hall–Kier alpha value is -2.86. The highest BCUT2D eigenvalue weighted by atomic mass is 16.2. The number of anilines is 1. The van der Waals surface area contributed by atoms with Gasteiger partial charge in [0.1, 0.15) is 0 Å². The molecule has 2 aromatic carbocycles. The van der Waals surface area contributed by atoms with Crippen LogP contribution in [-0.2, 0) is 11.3 Å². The number of amides is 1. The molecule has 2 heterocycles. The predicted octanol–water partition coefficient (Wildman–Crippen LogP) is 4.05. The summed E-state index contributed by atoms with van der Waals surface area (Å²) in [5, 5.41) is 0. The standard InChI is InChI=1S/C26H32N4O2/c1-2-25(31)29(20-8-4-3-5-9-20)22-14-16-27(17-15-22)18-19-28-23-10-6-7-11-24(23)30(26(28)32)21-12-13-21/h3-11,21-22H,2,12-19H2,1H3. The first-order valence-corrected chi connectivity index (χ1v) is 12.0. The molecule has 2 aliphatic rings. The van der Waals surface area contributed by atoms with Crippen LogP contribution in [0, 0.1) is 0 Å². The van der Waals surface area contributed by atoms with E-state index in [-0.39, 0.29) is 17.6 Å². The number of piperidine rings is 1. The minimum Gasteiger partial charge on any atom is -0.309 e. The summed E-state index contributed by atoms with van der Waals surface area (Å²) in [6.45, 7) is 5.39. The summed E-state index contributed by atoms with van der Waals surface area (Å²) in [4.78, 5) is 30.3. The van der Waals surface area contributed by atoms with Gasteiger partial charge in [-0.05, 0) is 49.9 Å². The van der Waals surface area contributed by atoms with Gasteiger partial charge in [0.15, 0.2) is 0 Å². The van der Waals surface area contributed by atoms with E-state index in [4.69, 9.17) is 0 Å². The Balaban J connectivity index is 1.26. The fourth-order valence-corrected chi connectivity index (χ4v) is 5.09. The lowest BCUT2D eigenvalue weighted by Gasteiger charge is -2.38. The van der Waals surface area contributed by atoms with Crippen LogP contribution in [0.2, 0.25) is 0 Å². The summed E-state index contributed by atoms with van der Waals surface area (Å²) >= 11 is 0. The van der Waals surface area contributed by atoms with Gasteiger partial charge in [0.2, 0.25) is 5.91 Å². The van der Waals surface area contributed by atoms with Gasteiger partial charge in [-0.1, -0.05) is 37.3 Å². The van der Waals surface area contributed by atoms with Crippen molar-refractivity contribution in [2.24, 2.45) is 0 Å². The van der Waals surface area contributed by atoms with Crippen LogP contribution >= 0.6 is 0 Å². The smallest absolute Gasteiger partial charge is 0.309 e. The zero-order valence-corrected chi connectivity index (χ0v) is 18.8. The molecule has 0 atom stereocenters. The SMILES string of the molecule is CCC(=O)N(c1ccccc1)C1CCN(CCn2c(=O)n(C3CC3)c3ccccc32)CC1. The number of imidazole rings is 1. The Labute approximate surface area is 189 Å². The molecule has 0 bridgehead atoms. The first-order valence-electron chi connectivity index (χ1n) is 12.0. The number of likely N-dealkylation sites (tertiary alicyclic amines) is 1. The number of aromatic nitrogens is 2. The number of carbonyl (C=O) groups is 1. The fraction of sp³-hybridized carbons (Fsp3) is 0.462. The highest BCUT2D eigenvalue weighted by Gasteiger charge is 2.30. The molecular formula is C26H32N4O2. The number of benzene rings is 2. The van der Waals surface area contributed by atoms with Gasteiger partial charge in [0.05, 0.1) is 11.0 Å². The molecule has 0 unspecified atom stereocenters. The summed E-state index contributed by atoms with van der Waals surface area (Å²) in [5.41, 5.74) is 3.24. The van der Waals surface area contributed by atoms with Gasteiger partial charge in [-0.25, -0.2) is 4.79 Å². The normalized spacial score (nSPS) is 17.7. The lowest BCUT2D eigenvalue weighted by atomic mass is 10.0. The maximum atomic E-state index is 13.1. The molecule has 1 amide bonds. The molecule has 1 aliphatic carbocycles. The maximum absolute atomic E-state index is 13.1. The third kappa shape index (κ3) is 3.99. The summed E-state index contributed by atoms with van der Waals surface area (Å²) in [5.74, 6) is 0.189. The van der Waals surface area contributed by atoms with Crippen LogP contribution in [0.3, 0.4) is 0 Å². The molecule has 1 saturated carbocycles. The zero-order valence-electron chi connectivity index (χ0n) is 18.8. The van der Waals surface area contributed by atoms with E-state index in [1.54, 1.807) is 0 Å². The maximum Gasteiger partial charge on any atom is 0.329 e. The zero-order chi connectivity index (χ0) is 22.1. The van der Waals surface area contributed by atoms with Crippen molar-refractivity contribution in [2.75, 3.05) is 24.5 Å². The molecule has 5 rings (SSSR count). The molecule has 1 aliphatic heterocycles. The Bertz CT molecular complexity index is 1140. The minimum atomic E-state index is 0.132. The number of carbonyl (C=O) groups excluding carboxylic acids is 1. The number of hydrogen-bond donors (Lipinski definition) is 0. The van der Waals surface area contributed by atoms with E-state index in [0.717, 1.165) is 62.0 Å². The molecule has 32 heavy (non-hydrogen) atoms. The topological polar surface area (TPSA) is 50.5 Å². The first-order chi connectivity index (χ1) is 15.7. The quantitative estimate of drug-likeness (QED) is 0.566. The van der Waals surface area contributed by atoms with Crippen LogP contribution in [0.25, 0.3) is 11.0 Å². The van der Waals surface area contributed by atoms with Crippen LogP contribution in [0.5, 0.6) is 0 Å². The monoisotopic (exact) mass is 432 g/mol. The van der Waals surface area contributed by atoms with Crippen molar-refractivity contribution < 1.29 is 4.79 Å². The van der Waals surface area contributed by atoms with E-state index < -0.39 is 0 Å². The molecule has 0 N–H and O–H groups in total. The molecule has 2 fully saturated rings. The van der Waals surface area contributed by atoms with Crippen molar-refractivity contribution in [1.82, 2.24) is 14.0 Å². The molecule has 168 valence electrons. The van der Waals surface area contributed by atoms with E-state index in [2.05, 4.69) is 17.0 Å². The molecular weight excluding hydrogens is 400 g/mol. The fourth-order valence-electron chi connectivity index (χ4n) is 5.09. The second-order valence-corrected chi connectivity index (χ2v) is 9.05. The largest absolute Gasteiger partial charge is 0.329 e. The van der Waals surface area contributed by atoms with Crippen LogP contribution in [0.1, 0.15) is 45.1 Å². The van der Waals surface area contributed by atoms with Crippen molar-refractivity contribution in [1.29, 1.82) is 0 Å². The highest BCUT2D eigenvalue weighted by Crippen LogP contribution is 2.36. The molecule has 0 radical (unpaired) electrons. The van der Waals surface area contributed by atoms with Gasteiger partial charge >= 0.3 is 5.69 Å². The van der Waals surface area contributed by atoms with E-state index in [0.29, 0.717) is 19.0 Å². The van der Waals surface area contributed by atoms with E-state index in [9.17, 15) is 9.59 Å². The Morgan fingerprint density at radius 3 is 2.22 bits per heavy atom. The second-order valence-electron chi connectivity index (χ2n) is 9.05. The van der Waals surface area contributed by atoms with Crippen molar-refractivity contribution in [3.8, 4) is 0 Å². The van der Waals surface area contributed by atoms with Crippen LogP contribution in [0.4, 0.5) is 5.69 Å². The van der Waals surface area contributed by atoms with Gasteiger partial charge in [0.25, 0.3) is 0 Å². The molecule has 6 heteroatoms. The Morgan fingerprint density at radius 1 is 0.906 bits per heavy atom. The van der Waals surface area contributed by atoms with E-state index in [1.165, 1.54) is 0 Å². The van der Waals surface area contributed by atoms with Gasteiger partial charge in [0, 0.05) is 50.4 Å². The van der Waals surface area contributed by atoms with Gasteiger partial charge in [-0.3, -0.25) is 13.9 Å².